The van der Waals surface area contributed by atoms with Gasteiger partial charge in [-0.2, -0.15) is 13.2 Å². The fraction of sp³-hybridized carbons (Fsp3) is 0.214. The van der Waals surface area contributed by atoms with E-state index in [0.717, 1.165) is 12.1 Å². The maximum absolute atomic E-state index is 12.3. The Morgan fingerprint density at radius 1 is 1.35 bits per heavy atom. The van der Waals surface area contributed by atoms with E-state index in [9.17, 15) is 13.2 Å². The first-order valence-corrected chi connectivity index (χ1v) is 5.74. The van der Waals surface area contributed by atoms with E-state index in [1.807, 2.05) is 0 Å². The van der Waals surface area contributed by atoms with Crippen LogP contribution in [0, 0.1) is 11.8 Å². The molecule has 0 amide bonds. The number of benzene rings is 1. The van der Waals surface area contributed by atoms with Gasteiger partial charge >= 0.3 is 6.18 Å². The van der Waals surface area contributed by atoms with Gasteiger partial charge in [-0.3, -0.25) is 0 Å². The molecule has 1 rings (SSSR count). The molecule has 0 saturated heterocycles. The third kappa shape index (κ3) is 5.48. The van der Waals surface area contributed by atoms with Gasteiger partial charge in [-0.15, -0.1) is 6.58 Å². The van der Waals surface area contributed by atoms with Gasteiger partial charge in [0.25, 0.3) is 0 Å². The summed E-state index contributed by atoms with van der Waals surface area (Å²) in [6, 6.07) is 4.64. The molecule has 0 bridgehead atoms. The maximum Gasteiger partial charge on any atom is 0.416 e. The normalized spacial score (nSPS) is 11.4. The zero-order valence-corrected chi connectivity index (χ0v) is 10.7. The fourth-order valence-corrected chi connectivity index (χ4v) is 1.24. The topological polar surface area (TPSA) is 50.4 Å². The number of guanidine groups is 1. The maximum atomic E-state index is 12.3. The molecule has 0 heterocycles. The molecular formula is C14H14F3N3. The van der Waals surface area contributed by atoms with E-state index in [-0.39, 0.29) is 12.5 Å². The molecule has 1 aromatic carbocycles. The summed E-state index contributed by atoms with van der Waals surface area (Å²) in [7, 11) is 0. The summed E-state index contributed by atoms with van der Waals surface area (Å²) in [4.78, 5) is 3.90. The van der Waals surface area contributed by atoms with Crippen molar-refractivity contribution in [3.05, 3.63) is 48.0 Å². The molecule has 20 heavy (non-hydrogen) atoms. The summed E-state index contributed by atoms with van der Waals surface area (Å²) < 4.78 is 37.0. The molecular weight excluding hydrogens is 267 g/mol. The Morgan fingerprint density at radius 2 is 2.00 bits per heavy atom. The van der Waals surface area contributed by atoms with E-state index in [1.165, 1.54) is 12.1 Å². The van der Waals surface area contributed by atoms with Crippen molar-refractivity contribution in [3.63, 3.8) is 0 Å². The summed E-state index contributed by atoms with van der Waals surface area (Å²) in [5, 5.41) is 2.75. The lowest BCUT2D eigenvalue weighted by atomic mass is 10.1. The Morgan fingerprint density at radius 3 is 2.55 bits per heavy atom. The highest BCUT2D eigenvalue weighted by atomic mass is 19.4. The first-order chi connectivity index (χ1) is 9.43. The molecule has 0 radical (unpaired) electrons. The number of nitrogens with zero attached hydrogens (tertiary/aromatic N) is 1. The monoisotopic (exact) mass is 281 g/mol. The first-order valence-electron chi connectivity index (χ1n) is 5.74. The number of hydrogen-bond acceptors (Lipinski definition) is 1. The summed E-state index contributed by atoms with van der Waals surface area (Å²) >= 11 is 0. The highest BCUT2D eigenvalue weighted by molar-refractivity contribution is 5.78. The van der Waals surface area contributed by atoms with Crippen LogP contribution in [0.25, 0.3) is 0 Å². The van der Waals surface area contributed by atoms with Gasteiger partial charge in [0.05, 0.1) is 18.7 Å². The minimum atomic E-state index is -4.33. The van der Waals surface area contributed by atoms with Crippen LogP contribution in [0.5, 0.6) is 0 Å². The Labute approximate surface area is 115 Å². The molecule has 0 aliphatic heterocycles. The van der Waals surface area contributed by atoms with Crippen LogP contribution in [0.2, 0.25) is 0 Å². The molecule has 3 nitrogen and oxygen atoms in total. The lowest BCUT2D eigenvalue weighted by molar-refractivity contribution is -0.137. The molecule has 0 aromatic heterocycles. The average molecular weight is 281 g/mol. The van der Waals surface area contributed by atoms with E-state index in [1.54, 1.807) is 6.08 Å². The Bertz CT molecular complexity index is 534. The summed E-state index contributed by atoms with van der Waals surface area (Å²) in [5.74, 6) is 5.70. The van der Waals surface area contributed by atoms with Crippen LogP contribution in [0.1, 0.15) is 11.1 Å². The van der Waals surface area contributed by atoms with Crippen molar-refractivity contribution >= 4 is 5.96 Å². The summed E-state index contributed by atoms with van der Waals surface area (Å²) in [5.41, 5.74) is 5.31. The van der Waals surface area contributed by atoms with Gasteiger partial charge in [0, 0.05) is 5.56 Å². The van der Waals surface area contributed by atoms with Gasteiger partial charge in [-0.05, 0) is 24.3 Å². The van der Waals surface area contributed by atoms with E-state index in [0.29, 0.717) is 12.1 Å². The largest absolute Gasteiger partial charge is 0.416 e. The zero-order chi connectivity index (χ0) is 15.0. The fourth-order valence-electron chi connectivity index (χ4n) is 1.24. The van der Waals surface area contributed by atoms with Gasteiger partial charge < -0.3 is 11.1 Å². The highest BCUT2D eigenvalue weighted by Gasteiger charge is 2.29. The number of nitrogens with one attached hydrogen (secondary N) is 1. The van der Waals surface area contributed by atoms with E-state index in [2.05, 4.69) is 28.7 Å². The minimum Gasteiger partial charge on any atom is -0.370 e. The van der Waals surface area contributed by atoms with Crippen molar-refractivity contribution < 1.29 is 13.2 Å². The van der Waals surface area contributed by atoms with Crippen molar-refractivity contribution in [2.45, 2.75) is 6.18 Å². The van der Waals surface area contributed by atoms with Crippen LogP contribution in [0.4, 0.5) is 13.2 Å². The Kier molecular flexibility index (Phi) is 5.66. The average Bonchev–Trinajstić information content (AvgIpc) is 2.41. The summed E-state index contributed by atoms with van der Waals surface area (Å²) in [6.45, 7) is 4.16. The number of aliphatic imine (C=N–C) groups is 1. The Balaban J connectivity index is 2.54. The van der Waals surface area contributed by atoms with Crippen LogP contribution in [-0.4, -0.2) is 19.0 Å². The lowest BCUT2D eigenvalue weighted by Gasteiger charge is -2.05. The molecule has 0 spiro atoms. The third-order valence-electron chi connectivity index (χ3n) is 2.19. The van der Waals surface area contributed by atoms with Crippen molar-refractivity contribution in [1.82, 2.24) is 5.32 Å². The zero-order valence-electron chi connectivity index (χ0n) is 10.7. The molecule has 0 aliphatic rings. The van der Waals surface area contributed by atoms with Crippen molar-refractivity contribution in [2.24, 2.45) is 10.7 Å². The van der Waals surface area contributed by atoms with Gasteiger partial charge in [-0.1, -0.05) is 17.9 Å². The van der Waals surface area contributed by atoms with E-state index in [4.69, 9.17) is 5.73 Å². The quantitative estimate of drug-likeness (QED) is 0.386. The van der Waals surface area contributed by atoms with Gasteiger partial charge in [0.1, 0.15) is 0 Å². The third-order valence-corrected chi connectivity index (χ3v) is 2.19. The molecule has 3 N–H and O–H groups in total. The molecule has 6 heteroatoms. The van der Waals surface area contributed by atoms with Crippen LogP contribution < -0.4 is 11.1 Å². The number of nitrogens with two attached hydrogens (primary N) is 1. The van der Waals surface area contributed by atoms with Crippen molar-refractivity contribution in [2.75, 3.05) is 13.1 Å². The SMILES string of the molecule is C=CCN=C(N)NCC#Cc1ccc(C(F)(F)F)cc1. The van der Waals surface area contributed by atoms with Crippen molar-refractivity contribution in [3.8, 4) is 11.8 Å². The number of hydrogen-bond donors (Lipinski definition) is 2. The smallest absolute Gasteiger partial charge is 0.370 e. The second kappa shape index (κ2) is 7.24. The molecule has 0 saturated carbocycles. The molecule has 1 aromatic rings. The number of rotatable bonds is 3. The predicted octanol–water partition coefficient (Wildman–Crippen LogP) is 2.15. The summed E-state index contributed by atoms with van der Waals surface area (Å²) in [6.07, 6.45) is -2.73. The van der Waals surface area contributed by atoms with Gasteiger partial charge in [0.2, 0.25) is 0 Å². The standard InChI is InChI=1S/C14H14F3N3/c1-2-9-19-13(18)20-10-3-4-11-5-7-12(8-6-11)14(15,16)17/h2,5-8H,1,9-10H2,(H3,18,19,20). The highest BCUT2D eigenvalue weighted by Crippen LogP contribution is 2.28. The molecule has 0 unspecified atom stereocenters. The van der Waals surface area contributed by atoms with Gasteiger partial charge in [-0.25, -0.2) is 4.99 Å². The minimum absolute atomic E-state index is 0.242. The molecule has 0 aliphatic carbocycles. The molecule has 106 valence electrons. The second-order valence-corrected chi connectivity index (χ2v) is 3.75. The van der Waals surface area contributed by atoms with Crippen LogP contribution >= 0.6 is 0 Å². The molecule has 0 atom stereocenters. The number of alkyl halides is 3. The number of halogens is 3. The lowest BCUT2D eigenvalue weighted by Crippen LogP contribution is -2.31. The van der Waals surface area contributed by atoms with Gasteiger partial charge in [0.15, 0.2) is 5.96 Å². The first kappa shape index (κ1) is 15.6. The molecule has 0 fully saturated rings. The Hall–Kier alpha value is -2.42. The van der Waals surface area contributed by atoms with E-state index < -0.39 is 11.7 Å². The second-order valence-electron chi connectivity index (χ2n) is 3.75. The predicted molar refractivity (Wildman–Crippen MR) is 73.0 cm³/mol. The van der Waals surface area contributed by atoms with Crippen molar-refractivity contribution in [1.29, 1.82) is 0 Å². The van der Waals surface area contributed by atoms with Crippen LogP contribution in [-0.2, 0) is 6.18 Å². The van der Waals surface area contributed by atoms with Crippen LogP contribution in [0.3, 0.4) is 0 Å². The van der Waals surface area contributed by atoms with Crippen LogP contribution in [0.15, 0.2) is 41.9 Å². The van der Waals surface area contributed by atoms with E-state index >= 15 is 0 Å².